The number of hydrogen-bond acceptors (Lipinski definition) is 5. The van der Waals surface area contributed by atoms with Crippen LogP contribution in [0.1, 0.15) is 21.5 Å². The number of hydrogen-bond donors (Lipinski definition) is 1. The Morgan fingerprint density at radius 2 is 1.79 bits per heavy atom. The van der Waals surface area contributed by atoms with E-state index in [1.54, 1.807) is 43.5 Å². The first kappa shape index (κ1) is 22.8. The van der Waals surface area contributed by atoms with Crippen molar-refractivity contribution in [2.24, 2.45) is 4.99 Å². The first-order chi connectivity index (χ1) is 16.0. The summed E-state index contributed by atoms with van der Waals surface area (Å²) in [4.78, 5) is 29.1. The number of aliphatic imine (C=N–C) groups is 1. The maximum absolute atomic E-state index is 12.4. The first-order valence-corrected chi connectivity index (χ1v) is 11.6. The lowest BCUT2D eigenvalue weighted by Gasteiger charge is -2.13. The minimum Gasteiger partial charge on any atom is -0.493 e. The molecule has 33 heavy (non-hydrogen) atoms. The van der Waals surface area contributed by atoms with Crippen LogP contribution in [0.15, 0.2) is 87.2 Å². The molecule has 1 aliphatic heterocycles. The predicted octanol–water partition coefficient (Wildman–Crippen LogP) is 5.44. The number of carbonyl (C=O) groups excluding carboxylic acids is 2. The third kappa shape index (κ3) is 5.71. The number of thioether (sulfide) groups is 1. The molecule has 0 radical (unpaired) electrons. The molecule has 0 aliphatic carbocycles. The normalized spacial score (nSPS) is 15.5. The number of carbonyl (C=O) groups is 2. The maximum atomic E-state index is 12.4. The van der Waals surface area contributed by atoms with E-state index in [0.717, 1.165) is 22.9 Å². The Hall–Kier alpha value is -3.36. The molecule has 0 unspecified atom stereocenters. The van der Waals surface area contributed by atoms with Gasteiger partial charge in [0, 0.05) is 5.56 Å². The average molecular weight is 523 g/mol. The van der Waals surface area contributed by atoms with Gasteiger partial charge in [-0.15, -0.1) is 0 Å². The highest BCUT2D eigenvalue weighted by molar-refractivity contribution is 9.10. The van der Waals surface area contributed by atoms with Crippen LogP contribution in [-0.4, -0.2) is 24.1 Å². The zero-order chi connectivity index (χ0) is 23.2. The molecule has 0 spiro atoms. The molecule has 0 aromatic heterocycles. The molecule has 1 aliphatic rings. The SMILES string of the molecule is COc1cc(/C=C2\SC(=NC(=O)c3ccccc3)NC2=O)cc(Br)c1OCc1ccccc1. The molecular formula is C25H19BrN2O4S. The van der Waals surface area contributed by atoms with E-state index in [1.165, 1.54) is 0 Å². The molecule has 0 saturated carbocycles. The number of halogens is 1. The molecule has 0 bridgehead atoms. The summed E-state index contributed by atoms with van der Waals surface area (Å²) in [5.41, 5.74) is 2.23. The second-order valence-corrected chi connectivity index (χ2v) is 8.85. The van der Waals surface area contributed by atoms with E-state index in [-0.39, 0.29) is 11.1 Å². The quantitative estimate of drug-likeness (QED) is 0.436. The molecule has 1 fully saturated rings. The van der Waals surface area contributed by atoms with Crippen molar-refractivity contribution in [1.29, 1.82) is 0 Å². The Kier molecular flexibility index (Phi) is 7.26. The Balaban J connectivity index is 1.52. The van der Waals surface area contributed by atoms with Crippen LogP contribution in [0.4, 0.5) is 0 Å². The van der Waals surface area contributed by atoms with Gasteiger partial charge in [-0.05, 0) is 69.2 Å². The fourth-order valence-corrected chi connectivity index (χ4v) is 4.46. The van der Waals surface area contributed by atoms with E-state index in [4.69, 9.17) is 9.47 Å². The van der Waals surface area contributed by atoms with Crippen LogP contribution in [0.3, 0.4) is 0 Å². The van der Waals surface area contributed by atoms with E-state index in [2.05, 4.69) is 26.2 Å². The second kappa shape index (κ2) is 10.5. The molecule has 166 valence electrons. The molecule has 6 nitrogen and oxygen atoms in total. The van der Waals surface area contributed by atoms with Crippen LogP contribution in [-0.2, 0) is 11.4 Å². The number of benzene rings is 3. The molecule has 1 saturated heterocycles. The lowest BCUT2D eigenvalue weighted by atomic mass is 10.2. The van der Waals surface area contributed by atoms with Gasteiger partial charge in [0.25, 0.3) is 11.8 Å². The summed E-state index contributed by atoms with van der Waals surface area (Å²) in [6.45, 7) is 0.393. The predicted molar refractivity (Wildman–Crippen MR) is 133 cm³/mol. The van der Waals surface area contributed by atoms with Crippen molar-refractivity contribution in [2.75, 3.05) is 7.11 Å². The maximum Gasteiger partial charge on any atom is 0.279 e. The lowest BCUT2D eigenvalue weighted by Crippen LogP contribution is -2.20. The van der Waals surface area contributed by atoms with Gasteiger partial charge >= 0.3 is 0 Å². The first-order valence-electron chi connectivity index (χ1n) is 9.96. The lowest BCUT2D eigenvalue weighted by molar-refractivity contribution is -0.115. The summed E-state index contributed by atoms with van der Waals surface area (Å²) in [7, 11) is 1.56. The van der Waals surface area contributed by atoms with Gasteiger partial charge in [0.05, 0.1) is 16.5 Å². The summed E-state index contributed by atoms with van der Waals surface area (Å²) in [6.07, 6.45) is 1.71. The van der Waals surface area contributed by atoms with Crippen LogP contribution >= 0.6 is 27.7 Å². The Bertz CT molecular complexity index is 1240. The van der Waals surface area contributed by atoms with E-state index in [1.807, 2.05) is 42.5 Å². The van der Waals surface area contributed by atoms with E-state index in [0.29, 0.717) is 33.0 Å². The summed E-state index contributed by atoms with van der Waals surface area (Å²) < 4.78 is 12.2. The monoisotopic (exact) mass is 522 g/mol. The van der Waals surface area contributed by atoms with Gasteiger partial charge < -0.3 is 14.8 Å². The molecule has 3 aromatic rings. The zero-order valence-electron chi connectivity index (χ0n) is 17.6. The van der Waals surface area contributed by atoms with Crippen LogP contribution in [0.2, 0.25) is 0 Å². The number of amidine groups is 1. The van der Waals surface area contributed by atoms with Gasteiger partial charge in [-0.25, -0.2) is 0 Å². The van der Waals surface area contributed by atoms with E-state index >= 15 is 0 Å². The fraction of sp³-hybridized carbons (Fsp3) is 0.0800. The Morgan fingerprint density at radius 1 is 1.09 bits per heavy atom. The van der Waals surface area contributed by atoms with Crippen molar-refractivity contribution in [3.8, 4) is 11.5 Å². The highest BCUT2D eigenvalue weighted by Gasteiger charge is 2.25. The van der Waals surface area contributed by atoms with E-state index < -0.39 is 5.91 Å². The van der Waals surface area contributed by atoms with Gasteiger partial charge in [0.2, 0.25) is 0 Å². The third-order valence-electron chi connectivity index (χ3n) is 4.65. The molecule has 0 atom stereocenters. The van der Waals surface area contributed by atoms with Crippen molar-refractivity contribution in [1.82, 2.24) is 5.32 Å². The number of nitrogens with zero attached hydrogens (tertiary/aromatic N) is 1. The fourth-order valence-electron chi connectivity index (χ4n) is 3.06. The second-order valence-electron chi connectivity index (χ2n) is 6.96. The Labute approximate surface area is 203 Å². The topological polar surface area (TPSA) is 77.0 Å². The number of ether oxygens (including phenoxy) is 2. The molecule has 3 aromatic carbocycles. The third-order valence-corrected chi connectivity index (χ3v) is 6.15. The van der Waals surface area contributed by atoms with Gasteiger partial charge in [-0.2, -0.15) is 4.99 Å². The minimum atomic E-state index is -0.413. The van der Waals surface area contributed by atoms with Crippen LogP contribution in [0, 0.1) is 0 Å². The summed E-state index contributed by atoms with van der Waals surface area (Å²) in [6, 6.07) is 22.2. The number of rotatable bonds is 6. The van der Waals surface area contributed by atoms with Crippen molar-refractivity contribution in [3.63, 3.8) is 0 Å². The van der Waals surface area contributed by atoms with Crippen LogP contribution in [0.25, 0.3) is 6.08 Å². The largest absolute Gasteiger partial charge is 0.493 e. The smallest absolute Gasteiger partial charge is 0.279 e. The average Bonchev–Trinajstić information content (AvgIpc) is 3.17. The van der Waals surface area contributed by atoms with Gasteiger partial charge in [-0.3, -0.25) is 9.59 Å². The summed E-state index contributed by atoms with van der Waals surface area (Å²) >= 11 is 4.65. The van der Waals surface area contributed by atoms with Gasteiger partial charge in [-0.1, -0.05) is 48.5 Å². The van der Waals surface area contributed by atoms with Crippen molar-refractivity contribution in [2.45, 2.75) is 6.61 Å². The highest BCUT2D eigenvalue weighted by atomic mass is 79.9. The minimum absolute atomic E-state index is 0.244. The standard InChI is InChI=1S/C25H19BrN2O4S/c1-31-20-13-17(12-19(26)22(20)32-15-16-8-4-2-5-9-16)14-21-24(30)28-25(33-21)27-23(29)18-10-6-3-7-11-18/h2-14H,15H2,1H3,(H,27,28,29,30)/b21-14-. The highest BCUT2D eigenvalue weighted by Crippen LogP contribution is 2.38. The van der Waals surface area contributed by atoms with Crippen molar-refractivity contribution in [3.05, 3.63) is 98.9 Å². The van der Waals surface area contributed by atoms with Gasteiger partial charge in [0.15, 0.2) is 16.7 Å². The van der Waals surface area contributed by atoms with Gasteiger partial charge in [0.1, 0.15) is 6.61 Å². The molecular weight excluding hydrogens is 504 g/mol. The molecule has 1 heterocycles. The Morgan fingerprint density at radius 3 is 2.48 bits per heavy atom. The van der Waals surface area contributed by atoms with Crippen LogP contribution < -0.4 is 14.8 Å². The molecule has 8 heteroatoms. The number of amides is 2. The zero-order valence-corrected chi connectivity index (χ0v) is 20.0. The molecule has 1 N–H and O–H groups in total. The number of methoxy groups -OCH3 is 1. The number of nitrogens with one attached hydrogen (secondary N) is 1. The summed E-state index contributed by atoms with van der Waals surface area (Å²) in [5, 5.41) is 2.88. The van der Waals surface area contributed by atoms with E-state index in [9.17, 15) is 9.59 Å². The molecule has 4 rings (SSSR count). The molecule has 2 amide bonds. The van der Waals surface area contributed by atoms with Crippen LogP contribution in [0.5, 0.6) is 11.5 Å². The van der Waals surface area contributed by atoms with Crippen molar-refractivity contribution >= 4 is 50.7 Å². The summed E-state index contributed by atoms with van der Waals surface area (Å²) in [5.74, 6) is 0.370. The van der Waals surface area contributed by atoms with Crippen molar-refractivity contribution < 1.29 is 19.1 Å².